The summed E-state index contributed by atoms with van der Waals surface area (Å²) in [6.45, 7) is 8.67. The third kappa shape index (κ3) is 5.60. The smallest absolute Gasteiger partial charge is 0.191 e. The highest BCUT2D eigenvalue weighted by molar-refractivity contribution is 14.0. The summed E-state index contributed by atoms with van der Waals surface area (Å²) in [5.74, 6) is 1.93. The van der Waals surface area contributed by atoms with Crippen LogP contribution in [0.1, 0.15) is 44.4 Å². The molecule has 7 heteroatoms. The number of hydrogen-bond donors (Lipinski definition) is 2. The number of hydrogen-bond acceptors (Lipinski definition) is 4. The molecule has 148 valence electrons. The molecule has 0 radical (unpaired) electrons. The van der Waals surface area contributed by atoms with Gasteiger partial charge >= 0.3 is 0 Å². The van der Waals surface area contributed by atoms with E-state index in [4.69, 9.17) is 4.42 Å². The van der Waals surface area contributed by atoms with Crippen LogP contribution < -0.4 is 10.6 Å². The first-order valence-corrected chi connectivity index (χ1v) is 9.77. The highest BCUT2D eigenvalue weighted by Crippen LogP contribution is 2.24. The van der Waals surface area contributed by atoms with Crippen LogP contribution in [-0.4, -0.2) is 68.1 Å². The van der Waals surface area contributed by atoms with E-state index in [0.717, 1.165) is 44.4 Å². The first-order valence-electron chi connectivity index (χ1n) is 9.77. The van der Waals surface area contributed by atoms with E-state index in [2.05, 4.69) is 38.4 Å². The Morgan fingerprint density at radius 3 is 2.73 bits per heavy atom. The molecule has 0 bridgehead atoms. The Balaban J connectivity index is 0.00000243. The van der Waals surface area contributed by atoms with E-state index >= 15 is 0 Å². The van der Waals surface area contributed by atoms with Gasteiger partial charge in [0.05, 0.1) is 12.3 Å². The zero-order valence-corrected chi connectivity index (χ0v) is 18.4. The van der Waals surface area contributed by atoms with E-state index in [0.29, 0.717) is 6.04 Å². The number of halogens is 1. The van der Waals surface area contributed by atoms with Crippen LogP contribution in [0.2, 0.25) is 0 Å². The summed E-state index contributed by atoms with van der Waals surface area (Å²) in [4.78, 5) is 9.47. The molecule has 1 aromatic heterocycles. The summed E-state index contributed by atoms with van der Waals surface area (Å²) in [7, 11) is 1.85. The maximum atomic E-state index is 5.70. The lowest BCUT2D eigenvalue weighted by Gasteiger charge is -2.27. The molecule has 2 N–H and O–H groups in total. The number of rotatable bonds is 7. The van der Waals surface area contributed by atoms with Crippen LogP contribution in [0, 0.1) is 0 Å². The van der Waals surface area contributed by atoms with Gasteiger partial charge in [0.1, 0.15) is 5.76 Å². The van der Waals surface area contributed by atoms with E-state index in [1.54, 1.807) is 6.26 Å². The molecule has 2 fully saturated rings. The Morgan fingerprint density at radius 2 is 2.08 bits per heavy atom. The standard InChI is InChI=1S/C19H33N5O.HI/c1-3-23-12-6-8-16(23)14-21-19(20-2)22-15-17(18-9-7-13-25-18)24-10-4-5-11-24;/h7,9,13,16-17H,3-6,8,10-12,14-15H2,1-2H3,(H2,20,21,22);1H. The summed E-state index contributed by atoms with van der Waals surface area (Å²) >= 11 is 0. The maximum Gasteiger partial charge on any atom is 0.191 e. The van der Waals surface area contributed by atoms with Gasteiger partial charge in [0.2, 0.25) is 0 Å². The normalized spacial score (nSPS) is 23.0. The number of likely N-dealkylation sites (N-methyl/N-ethyl adjacent to an activating group) is 1. The van der Waals surface area contributed by atoms with Crippen molar-refractivity contribution in [1.82, 2.24) is 20.4 Å². The van der Waals surface area contributed by atoms with Gasteiger partial charge in [-0.3, -0.25) is 14.8 Å². The first-order chi connectivity index (χ1) is 12.3. The minimum atomic E-state index is 0. The lowest BCUT2D eigenvalue weighted by molar-refractivity contribution is 0.215. The number of likely N-dealkylation sites (tertiary alicyclic amines) is 2. The molecule has 2 aliphatic rings. The summed E-state index contributed by atoms with van der Waals surface area (Å²) < 4.78 is 5.70. The van der Waals surface area contributed by atoms with E-state index in [-0.39, 0.29) is 30.0 Å². The van der Waals surface area contributed by atoms with Crippen molar-refractivity contribution >= 4 is 29.9 Å². The first kappa shape index (κ1) is 21.5. The molecule has 0 amide bonds. The fraction of sp³-hybridized carbons (Fsp3) is 0.737. The molecule has 0 spiro atoms. The molecule has 6 nitrogen and oxygen atoms in total. The van der Waals surface area contributed by atoms with Crippen molar-refractivity contribution in [3.63, 3.8) is 0 Å². The van der Waals surface area contributed by atoms with Crippen molar-refractivity contribution in [2.75, 3.05) is 46.3 Å². The largest absolute Gasteiger partial charge is 0.468 e. The van der Waals surface area contributed by atoms with Crippen LogP contribution in [0.3, 0.4) is 0 Å². The van der Waals surface area contributed by atoms with Crippen molar-refractivity contribution in [2.24, 2.45) is 4.99 Å². The molecular formula is C19H34IN5O. The van der Waals surface area contributed by atoms with E-state index in [1.165, 1.54) is 32.2 Å². The second-order valence-electron chi connectivity index (χ2n) is 7.03. The van der Waals surface area contributed by atoms with E-state index in [1.807, 2.05) is 13.1 Å². The zero-order valence-electron chi connectivity index (χ0n) is 16.1. The average molecular weight is 475 g/mol. The fourth-order valence-corrected chi connectivity index (χ4v) is 4.11. The quantitative estimate of drug-likeness (QED) is 0.361. The maximum absolute atomic E-state index is 5.70. The Bertz CT molecular complexity index is 530. The number of nitrogens with one attached hydrogen (secondary N) is 2. The van der Waals surface area contributed by atoms with Gasteiger partial charge in [0.15, 0.2) is 5.96 Å². The molecule has 2 saturated heterocycles. The van der Waals surface area contributed by atoms with Gasteiger partial charge in [-0.2, -0.15) is 0 Å². The van der Waals surface area contributed by atoms with Crippen molar-refractivity contribution in [3.8, 4) is 0 Å². The number of furan rings is 1. The van der Waals surface area contributed by atoms with Gasteiger partial charge in [0, 0.05) is 26.2 Å². The number of guanidine groups is 1. The van der Waals surface area contributed by atoms with Gasteiger partial charge < -0.3 is 15.1 Å². The Hall–Kier alpha value is -0.800. The molecule has 26 heavy (non-hydrogen) atoms. The Labute approximate surface area is 174 Å². The van der Waals surface area contributed by atoms with E-state index < -0.39 is 0 Å². The van der Waals surface area contributed by atoms with E-state index in [9.17, 15) is 0 Å². The molecule has 2 atom stereocenters. The lowest BCUT2D eigenvalue weighted by Crippen LogP contribution is -2.46. The molecule has 3 rings (SSSR count). The van der Waals surface area contributed by atoms with Crippen molar-refractivity contribution in [1.29, 1.82) is 0 Å². The van der Waals surface area contributed by atoms with Gasteiger partial charge in [-0.05, 0) is 64.0 Å². The lowest BCUT2D eigenvalue weighted by atomic mass is 10.2. The molecule has 2 unspecified atom stereocenters. The minimum absolute atomic E-state index is 0. The zero-order chi connectivity index (χ0) is 17.5. The Morgan fingerprint density at radius 1 is 1.27 bits per heavy atom. The molecule has 3 heterocycles. The van der Waals surface area contributed by atoms with Gasteiger partial charge in [0.25, 0.3) is 0 Å². The van der Waals surface area contributed by atoms with Crippen molar-refractivity contribution in [3.05, 3.63) is 24.2 Å². The SMILES string of the molecule is CCN1CCCC1CNC(=NC)NCC(c1ccco1)N1CCCC1.I. The third-order valence-electron chi connectivity index (χ3n) is 5.55. The second-order valence-corrected chi connectivity index (χ2v) is 7.03. The summed E-state index contributed by atoms with van der Waals surface area (Å²) in [6.07, 6.45) is 6.91. The second kappa shape index (κ2) is 11.1. The van der Waals surface area contributed by atoms with Crippen LogP contribution in [0.25, 0.3) is 0 Å². The molecule has 1 aromatic rings. The van der Waals surface area contributed by atoms with Crippen LogP contribution >= 0.6 is 24.0 Å². The highest BCUT2D eigenvalue weighted by Gasteiger charge is 2.26. The average Bonchev–Trinajstić information content (AvgIpc) is 3.40. The predicted molar refractivity (Wildman–Crippen MR) is 117 cm³/mol. The van der Waals surface area contributed by atoms with Gasteiger partial charge in [-0.25, -0.2) is 0 Å². The Kier molecular flexibility index (Phi) is 9.21. The van der Waals surface area contributed by atoms with Crippen LogP contribution in [0.15, 0.2) is 27.8 Å². The van der Waals surface area contributed by atoms with Crippen molar-refractivity contribution in [2.45, 2.75) is 44.7 Å². The van der Waals surface area contributed by atoms with Crippen LogP contribution in [0.4, 0.5) is 0 Å². The van der Waals surface area contributed by atoms with Gasteiger partial charge in [-0.15, -0.1) is 24.0 Å². The molecular weight excluding hydrogens is 441 g/mol. The predicted octanol–water partition coefficient (Wildman–Crippen LogP) is 2.68. The summed E-state index contributed by atoms with van der Waals surface area (Å²) in [5, 5.41) is 7.03. The highest BCUT2D eigenvalue weighted by atomic mass is 127. The number of nitrogens with zero attached hydrogens (tertiary/aromatic N) is 3. The molecule has 0 saturated carbocycles. The topological polar surface area (TPSA) is 56.0 Å². The summed E-state index contributed by atoms with van der Waals surface area (Å²) in [5.41, 5.74) is 0. The molecule has 2 aliphatic heterocycles. The van der Waals surface area contributed by atoms with Crippen LogP contribution in [-0.2, 0) is 0 Å². The minimum Gasteiger partial charge on any atom is -0.468 e. The molecule has 0 aromatic carbocycles. The summed E-state index contributed by atoms with van der Waals surface area (Å²) in [6, 6.07) is 4.96. The monoisotopic (exact) mass is 475 g/mol. The third-order valence-corrected chi connectivity index (χ3v) is 5.55. The molecule has 0 aliphatic carbocycles. The van der Waals surface area contributed by atoms with Crippen molar-refractivity contribution < 1.29 is 4.42 Å². The van der Waals surface area contributed by atoms with Crippen LogP contribution in [0.5, 0.6) is 0 Å². The fourth-order valence-electron chi connectivity index (χ4n) is 4.11. The number of aliphatic imine (C=N–C) groups is 1. The van der Waals surface area contributed by atoms with Gasteiger partial charge in [-0.1, -0.05) is 6.92 Å².